The number of aryl methyl sites for hydroxylation is 1. The number of nitrogens with zero attached hydrogens (tertiary/aromatic N) is 2. The predicted octanol–water partition coefficient (Wildman–Crippen LogP) is 0.291. The Kier molecular flexibility index (Phi) is 5.90. The summed E-state index contributed by atoms with van der Waals surface area (Å²) in [6, 6.07) is 0. The van der Waals surface area contributed by atoms with Crippen molar-refractivity contribution in [3.05, 3.63) is 18.7 Å². The fraction of sp³-hybridized carbons (Fsp3) is 0.583. The molecule has 1 atom stereocenters. The maximum absolute atomic E-state index is 11.5. The van der Waals surface area contributed by atoms with Gasteiger partial charge < -0.3 is 15.6 Å². The summed E-state index contributed by atoms with van der Waals surface area (Å²) < 4.78 is 1.86. The molecule has 0 radical (unpaired) electrons. The molecule has 0 unspecified atom stereocenters. The molecule has 1 heterocycles. The fourth-order valence-corrected chi connectivity index (χ4v) is 1.64. The molecule has 0 aliphatic rings. The first kappa shape index (κ1) is 14.2. The summed E-state index contributed by atoms with van der Waals surface area (Å²) in [5, 5.41) is 2.82. The number of imidazole rings is 1. The van der Waals surface area contributed by atoms with Crippen LogP contribution in [-0.4, -0.2) is 27.9 Å². The summed E-state index contributed by atoms with van der Waals surface area (Å²) in [5.74, 6) is -0.0830. The minimum Gasteiger partial charge on any atom is -0.370 e. The van der Waals surface area contributed by atoms with E-state index in [-0.39, 0.29) is 17.7 Å². The molecule has 100 valence electrons. The van der Waals surface area contributed by atoms with Gasteiger partial charge in [-0.2, -0.15) is 0 Å². The van der Waals surface area contributed by atoms with Gasteiger partial charge in [-0.1, -0.05) is 6.92 Å². The van der Waals surface area contributed by atoms with E-state index in [1.54, 1.807) is 12.5 Å². The smallest absolute Gasteiger partial charge is 0.221 e. The molecular weight excluding hydrogens is 232 g/mol. The number of carbonyl (C=O) groups is 2. The van der Waals surface area contributed by atoms with Gasteiger partial charge in [0, 0.05) is 38.3 Å². The number of amides is 2. The summed E-state index contributed by atoms with van der Waals surface area (Å²) in [4.78, 5) is 26.1. The highest BCUT2D eigenvalue weighted by molar-refractivity contribution is 5.75. The third kappa shape index (κ3) is 6.03. The summed E-state index contributed by atoms with van der Waals surface area (Å²) in [5.41, 5.74) is 5.09. The van der Waals surface area contributed by atoms with Gasteiger partial charge in [-0.15, -0.1) is 0 Å². The van der Waals surface area contributed by atoms with Gasteiger partial charge in [0.25, 0.3) is 0 Å². The van der Waals surface area contributed by atoms with Crippen LogP contribution in [-0.2, 0) is 16.1 Å². The SMILES string of the molecule is C[C@@H](CCNC(=O)CCn1ccnc1)CC(N)=O. The van der Waals surface area contributed by atoms with E-state index < -0.39 is 0 Å². The quantitative estimate of drug-likeness (QED) is 0.696. The lowest BCUT2D eigenvalue weighted by molar-refractivity contribution is -0.121. The Morgan fingerprint density at radius 3 is 2.89 bits per heavy atom. The molecule has 6 nitrogen and oxygen atoms in total. The molecule has 18 heavy (non-hydrogen) atoms. The van der Waals surface area contributed by atoms with Crippen molar-refractivity contribution >= 4 is 11.8 Å². The van der Waals surface area contributed by atoms with Crippen LogP contribution in [0.3, 0.4) is 0 Å². The van der Waals surface area contributed by atoms with Crippen molar-refractivity contribution in [3.63, 3.8) is 0 Å². The van der Waals surface area contributed by atoms with Crippen LogP contribution in [0.1, 0.15) is 26.2 Å². The second-order valence-corrected chi connectivity index (χ2v) is 4.46. The molecule has 1 rings (SSSR count). The van der Waals surface area contributed by atoms with Gasteiger partial charge in [-0.3, -0.25) is 9.59 Å². The van der Waals surface area contributed by atoms with Gasteiger partial charge in [-0.25, -0.2) is 4.98 Å². The topological polar surface area (TPSA) is 90.0 Å². The van der Waals surface area contributed by atoms with Gasteiger partial charge >= 0.3 is 0 Å². The second kappa shape index (κ2) is 7.47. The predicted molar refractivity (Wildman–Crippen MR) is 67.4 cm³/mol. The third-order valence-corrected chi connectivity index (χ3v) is 2.67. The number of primary amides is 1. The molecule has 0 aliphatic carbocycles. The Morgan fingerprint density at radius 2 is 2.28 bits per heavy atom. The number of nitrogens with two attached hydrogens (primary N) is 1. The molecule has 0 aromatic carbocycles. The Morgan fingerprint density at radius 1 is 1.50 bits per heavy atom. The van der Waals surface area contributed by atoms with Gasteiger partial charge in [0.1, 0.15) is 0 Å². The van der Waals surface area contributed by atoms with E-state index in [9.17, 15) is 9.59 Å². The van der Waals surface area contributed by atoms with E-state index in [2.05, 4.69) is 10.3 Å². The van der Waals surface area contributed by atoms with E-state index in [0.29, 0.717) is 25.9 Å². The molecule has 0 bridgehead atoms. The van der Waals surface area contributed by atoms with E-state index in [0.717, 1.165) is 6.42 Å². The lowest BCUT2D eigenvalue weighted by atomic mass is 10.0. The van der Waals surface area contributed by atoms with Gasteiger partial charge in [0.2, 0.25) is 11.8 Å². The average molecular weight is 252 g/mol. The molecule has 1 aromatic rings. The summed E-state index contributed by atoms with van der Waals surface area (Å²) in [7, 11) is 0. The van der Waals surface area contributed by atoms with Crippen LogP contribution in [0.5, 0.6) is 0 Å². The van der Waals surface area contributed by atoms with Crippen LogP contribution < -0.4 is 11.1 Å². The molecule has 0 aliphatic heterocycles. The summed E-state index contributed by atoms with van der Waals surface area (Å²) in [6.07, 6.45) is 6.75. The van der Waals surface area contributed by atoms with Crippen molar-refractivity contribution < 1.29 is 9.59 Å². The van der Waals surface area contributed by atoms with Gasteiger partial charge in [0.15, 0.2) is 0 Å². The lowest BCUT2D eigenvalue weighted by Crippen LogP contribution is -2.27. The molecule has 2 amide bonds. The normalized spacial score (nSPS) is 12.1. The molecule has 3 N–H and O–H groups in total. The van der Waals surface area contributed by atoms with Gasteiger partial charge in [-0.05, 0) is 12.3 Å². The fourth-order valence-electron chi connectivity index (χ4n) is 1.64. The molecule has 0 saturated heterocycles. The lowest BCUT2D eigenvalue weighted by Gasteiger charge is -2.10. The summed E-state index contributed by atoms with van der Waals surface area (Å²) in [6.45, 7) is 3.16. The van der Waals surface area contributed by atoms with Crippen molar-refractivity contribution in [3.8, 4) is 0 Å². The Hall–Kier alpha value is -1.85. The number of carbonyl (C=O) groups excluding carboxylic acids is 2. The summed E-state index contributed by atoms with van der Waals surface area (Å²) >= 11 is 0. The average Bonchev–Trinajstić information content (AvgIpc) is 2.78. The monoisotopic (exact) mass is 252 g/mol. The van der Waals surface area contributed by atoms with E-state index >= 15 is 0 Å². The van der Waals surface area contributed by atoms with Gasteiger partial charge in [0.05, 0.1) is 6.33 Å². The minimum absolute atomic E-state index is 0.00924. The van der Waals surface area contributed by atoms with Crippen molar-refractivity contribution in [2.24, 2.45) is 11.7 Å². The van der Waals surface area contributed by atoms with Crippen molar-refractivity contribution in [1.29, 1.82) is 0 Å². The zero-order valence-corrected chi connectivity index (χ0v) is 10.6. The van der Waals surface area contributed by atoms with Crippen molar-refractivity contribution in [2.45, 2.75) is 32.7 Å². The van der Waals surface area contributed by atoms with E-state index in [4.69, 9.17) is 5.73 Å². The maximum Gasteiger partial charge on any atom is 0.221 e. The first-order chi connectivity index (χ1) is 8.58. The van der Waals surface area contributed by atoms with Crippen LogP contribution in [0.2, 0.25) is 0 Å². The highest BCUT2D eigenvalue weighted by atomic mass is 16.1. The maximum atomic E-state index is 11.5. The number of rotatable bonds is 8. The highest BCUT2D eigenvalue weighted by Crippen LogP contribution is 2.05. The first-order valence-electron chi connectivity index (χ1n) is 6.08. The zero-order chi connectivity index (χ0) is 13.4. The van der Waals surface area contributed by atoms with Crippen molar-refractivity contribution in [2.75, 3.05) is 6.54 Å². The number of nitrogens with one attached hydrogen (secondary N) is 1. The number of hydrogen-bond donors (Lipinski definition) is 2. The number of hydrogen-bond acceptors (Lipinski definition) is 3. The minimum atomic E-state index is -0.297. The molecular formula is C12H20N4O2. The van der Waals surface area contributed by atoms with Crippen LogP contribution in [0, 0.1) is 5.92 Å². The Balaban J connectivity index is 2.08. The van der Waals surface area contributed by atoms with Crippen LogP contribution >= 0.6 is 0 Å². The Bertz CT molecular complexity index is 375. The van der Waals surface area contributed by atoms with Crippen LogP contribution in [0.25, 0.3) is 0 Å². The standard InChI is InChI=1S/C12H20N4O2/c1-10(8-11(13)17)2-4-15-12(18)3-6-16-7-5-14-9-16/h5,7,9-10H,2-4,6,8H2,1H3,(H2,13,17)(H,15,18)/t10-/m0/s1. The number of aromatic nitrogens is 2. The highest BCUT2D eigenvalue weighted by Gasteiger charge is 2.07. The van der Waals surface area contributed by atoms with Crippen molar-refractivity contribution in [1.82, 2.24) is 14.9 Å². The van der Waals surface area contributed by atoms with E-state index in [1.165, 1.54) is 0 Å². The molecule has 6 heteroatoms. The molecule has 1 aromatic heterocycles. The Labute approximate surface area is 107 Å². The molecule has 0 fully saturated rings. The zero-order valence-electron chi connectivity index (χ0n) is 10.6. The van der Waals surface area contributed by atoms with Crippen LogP contribution in [0.4, 0.5) is 0 Å². The molecule has 0 saturated carbocycles. The largest absolute Gasteiger partial charge is 0.370 e. The first-order valence-corrected chi connectivity index (χ1v) is 6.08. The van der Waals surface area contributed by atoms with Crippen LogP contribution in [0.15, 0.2) is 18.7 Å². The molecule has 0 spiro atoms. The second-order valence-electron chi connectivity index (χ2n) is 4.46. The van der Waals surface area contributed by atoms with E-state index in [1.807, 2.05) is 17.7 Å². The third-order valence-electron chi connectivity index (χ3n) is 2.67.